The summed E-state index contributed by atoms with van der Waals surface area (Å²) in [6.45, 7) is 8.83. The Balaban J connectivity index is 1.87. The summed E-state index contributed by atoms with van der Waals surface area (Å²) >= 11 is 5.61. The highest BCUT2D eigenvalue weighted by atomic mass is 32.1. The van der Waals surface area contributed by atoms with Gasteiger partial charge in [-0.05, 0) is 74.3 Å². The summed E-state index contributed by atoms with van der Waals surface area (Å²) in [5.74, 6) is 0. The largest absolute Gasteiger partial charge is 0.352 e. The quantitative estimate of drug-likeness (QED) is 0.623. The summed E-state index contributed by atoms with van der Waals surface area (Å²) in [5, 5.41) is 4.25. The molecule has 0 aliphatic carbocycles. The average molecular weight is 405 g/mol. The Morgan fingerprint density at radius 2 is 1.90 bits per heavy atom. The molecule has 0 amide bonds. The van der Waals surface area contributed by atoms with Crippen molar-refractivity contribution in [1.82, 2.24) is 19.8 Å². The molecule has 0 spiro atoms. The van der Waals surface area contributed by atoms with Gasteiger partial charge in [-0.15, -0.1) is 0 Å². The van der Waals surface area contributed by atoms with E-state index in [2.05, 4.69) is 84.8 Å². The highest BCUT2D eigenvalue weighted by Gasteiger charge is 2.39. The van der Waals surface area contributed by atoms with E-state index in [0.717, 1.165) is 17.2 Å². The molecule has 1 N–H and O–H groups in total. The smallest absolute Gasteiger partial charge is 0.169 e. The van der Waals surface area contributed by atoms with Gasteiger partial charge in [-0.25, -0.2) is 0 Å². The molecule has 0 saturated carbocycles. The summed E-state index contributed by atoms with van der Waals surface area (Å²) in [7, 11) is 2.07. The normalized spacial score (nSPS) is 18.9. The SMILES string of the molecule is CCc1cccc(C)c1-n1c(C)cc([C@@H]2[C@@H](c3ccccn3)NC(=S)N2C)c1C. The number of likely N-dealkylation sites (N-methyl/N-ethyl adjacent to an activating group) is 1. The van der Waals surface area contributed by atoms with Crippen molar-refractivity contribution in [3.8, 4) is 5.69 Å². The van der Waals surface area contributed by atoms with E-state index < -0.39 is 0 Å². The second kappa shape index (κ2) is 7.64. The number of aryl methyl sites for hydroxylation is 3. The molecule has 1 aliphatic rings. The fourth-order valence-electron chi connectivity index (χ4n) is 4.60. The van der Waals surface area contributed by atoms with E-state index in [1.807, 2.05) is 18.3 Å². The number of rotatable bonds is 4. The molecule has 0 bridgehead atoms. The summed E-state index contributed by atoms with van der Waals surface area (Å²) in [4.78, 5) is 6.77. The number of para-hydroxylation sites is 1. The third-order valence-corrected chi connectivity index (χ3v) is 6.46. The number of nitrogens with one attached hydrogen (secondary N) is 1. The predicted molar refractivity (Wildman–Crippen MR) is 123 cm³/mol. The zero-order chi connectivity index (χ0) is 20.7. The van der Waals surface area contributed by atoms with Crippen LogP contribution in [0.2, 0.25) is 0 Å². The lowest BCUT2D eigenvalue weighted by Crippen LogP contribution is -2.25. The Labute approximate surface area is 178 Å². The first-order chi connectivity index (χ1) is 13.9. The number of hydrogen-bond donors (Lipinski definition) is 1. The van der Waals surface area contributed by atoms with Gasteiger partial charge in [0.2, 0.25) is 0 Å². The molecule has 4 nitrogen and oxygen atoms in total. The van der Waals surface area contributed by atoms with Crippen LogP contribution in [-0.2, 0) is 6.42 Å². The lowest BCUT2D eigenvalue weighted by atomic mass is 9.97. The fourth-order valence-corrected chi connectivity index (χ4v) is 4.84. The van der Waals surface area contributed by atoms with Crippen LogP contribution < -0.4 is 5.32 Å². The molecule has 1 fully saturated rings. The number of hydrogen-bond acceptors (Lipinski definition) is 2. The summed E-state index contributed by atoms with van der Waals surface area (Å²) in [5.41, 5.74) is 8.78. The lowest BCUT2D eigenvalue weighted by Gasteiger charge is -2.25. The lowest BCUT2D eigenvalue weighted by molar-refractivity contribution is 0.367. The van der Waals surface area contributed by atoms with Crippen molar-refractivity contribution < 1.29 is 0 Å². The highest BCUT2D eigenvalue weighted by Crippen LogP contribution is 2.40. The molecule has 5 heteroatoms. The zero-order valence-corrected chi connectivity index (χ0v) is 18.5. The maximum atomic E-state index is 5.61. The van der Waals surface area contributed by atoms with E-state index >= 15 is 0 Å². The first-order valence-corrected chi connectivity index (χ1v) is 10.6. The minimum absolute atomic E-state index is 0.0326. The van der Waals surface area contributed by atoms with Crippen LogP contribution in [0.25, 0.3) is 5.69 Å². The minimum atomic E-state index is 0.0326. The molecular weight excluding hydrogens is 376 g/mol. The van der Waals surface area contributed by atoms with E-state index in [1.54, 1.807) is 0 Å². The molecule has 2 aromatic heterocycles. The van der Waals surface area contributed by atoms with Crippen molar-refractivity contribution in [2.45, 2.75) is 46.2 Å². The molecule has 0 unspecified atom stereocenters. The van der Waals surface area contributed by atoms with Gasteiger partial charge in [-0.1, -0.05) is 31.2 Å². The molecule has 3 heterocycles. The standard InChI is InChI=1S/C24H28N4S/c1-6-18-11-9-10-15(2)22(18)28-16(3)14-19(17(28)4)23-21(26-24(29)27(23)5)20-12-7-8-13-25-20/h7-14,21,23H,6H2,1-5H3,(H,26,29)/t21-,23-/m1/s1. The number of thiocarbonyl (C=S) groups is 1. The van der Waals surface area contributed by atoms with Gasteiger partial charge in [0.1, 0.15) is 0 Å². The van der Waals surface area contributed by atoms with Crippen molar-refractivity contribution in [1.29, 1.82) is 0 Å². The van der Waals surface area contributed by atoms with E-state index in [-0.39, 0.29) is 12.1 Å². The van der Waals surface area contributed by atoms with Gasteiger partial charge in [-0.3, -0.25) is 4.98 Å². The molecule has 1 aromatic carbocycles. The molecule has 3 aromatic rings. The Hall–Kier alpha value is -2.66. The molecule has 4 rings (SSSR count). The van der Waals surface area contributed by atoms with Crippen molar-refractivity contribution in [2.75, 3.05) is 7.05 Å². The molecule has 1 aliphatic heterocycles. The topological polar surface area (TPSA) is 33.1 Å². The second-order valence-electron chi connectivity index (χ2n) is 7.84. The van der Waals surface area contributed by atoms with E-state index in [0.29, 0.717) is 0 Å². The van der Waals surface area contributed by atoms with E-state index in [4.69, 9.17) is 12.2 Å². The number of benzene rings is 1. The van der Waals surface area contributed by atoms with Crippen molar-refractivity contribution >= 4 is 17.3 Å². The van der Waals surface area contributed by atoms with Crippen LogP contribution in [0.5, 0.6) is 0 Å². The number of aromatic nitrogens is 2. The molecule has 1 saturated heterocycles. The third kappa shape index (κ3) is 3.23. The van der Waals surface area contributed by atoms with Crippen LogP contribution in [-0.4, -0.2) is 26.6 Å². The molecule has 2 atom stereocenters. The Morgan fingerprint density at radius 3 is 2.59 bits per heavy atom. The predicted octanol–water partition coefficient (Wildman–Crippen LogP) is 4.96. The summed E-state index contributed by atoms with van der Waals surface area (Å²) in [6, 6.07) is 15.1. The van der Waals surface area contributed by atoms with Crippen LogP contribution in [0.3, 0.4) is 0 Å². The first-order valence-electron chi connectivity index (χ1n) is 10.2. The Kier molecular flexibility index (Phi) is 5.17. The van der Waals surface area contributed by atoms with Gasteiger partial charge in [-0.2, -0.15) is 0 Å². The fraction of sp³-hybridized carbons (Fsp3) is 0.333. The van der Waals surface area contributed by atoms with Gasteiger partial charge < -0.3 is 14.8 Å². The Bertz CT molecular complexity index is 1050. The maximum Gasteiger partial charge on any atom is 0.169 e. The molecule has 29 heavy (non-hydrogen) atoms. The first kappa shape index (κ1) is 19.6. The zero-order valence-electron chi connectivity index (χ0n) is 17.7. The minimum Gasteiger partial charge on any atom is -0.352 e. The van der Waals surface area contributed by atoms with Crippen LogP contribution in [0, 0.1) is 20.8 Å². The van der Waals surface area contributed by atoms with Gasteiger partial charge in [0.15, 0.2) is 5.11 Å². The summed E-state index contributed by atoms with van der Waals surface area (Å²) < 4.78 is 2.41. The van der Waals surface area contributed by atoms with Crippen LogP contribution in [0.4, 0.5) is 0 Å². The van der Waals surface area contributed by atoms with Gasteiger partial charge >= 0.3 is 0 Å². The Morgan fingerprint density at radius 1 is 1.10 bits per heavy atom. The highest BCUT2D eigenvalue weighted by molar-refractivity contribution is 7.80. The number of pyridine rings is 1. The van der Waals surface area contributed by atoms with Gasteiger partial charge in [0.25, 0.3) is 0 Å². The van der Waals surface area contributed by atoms with Crippen LogP contribution >= 0.6 is 12.2 Å². The van der Waals surface area contributed by atoms with E-state index in [9.17, 15) is 0 Å². The average Bonchev–Trinajstić information content (AvgIpc) is 3.17. The third-order valence-electron chi connectivity index (χ3n) is 6.05. The second-order valence-corrected chi connectivity index (χ2v) is 8.22. The molecule has 150 valence electrons. The maximum absolute atomic E-state index is 5.61. The van der Waals surface area contributed by atoms with Crippen molar-refractivity contribution in [3.05, 3.63) is 82.4 Å². The van der Waals surface area contributed by atoms with Crippen molar-refractivity contribution in [3.63, 3.8) is 0 Å². The van der Waals surface area contributed by atoms with Gasteiger partial charge in [0, 0.05) is 24.6 Å². The monoisotopic (exact) mass is 404 g/mol. The summed E-state index contributed by atoms with van der Waals surface area (Å²) in [6.07, 6.45) is 2.86. The van der Waals surface area contributed by atoms with Crippen molar-refractivity contribution in [2.24, 2.45) is 0 Å². The van der Waals surface area contributed by atoms with Crippen LogP contribution in [0.1, 0.15) is 52.8 Å². The van der Waals surface area contributed by atoms with Gasteiger partial charge in [0.05, 0.1) is 23.5 Å². The van der Waals surface area contributed by atoms with E-state index in [1.165, 1.54) is 33.8 Å². The van der Waals surface area contributed by atoms with Crippen LogP contribution in [0.15, 0.2) is 48.7 Å². The molecular formula is C24H28N4S. The molecule has 0 radical (unpaired) electrons. The number of nitrogens with zero attached hydrogens (tertiary/aromatic N) is 3.